The quantitative estimate of drug-likeness (QED) is 0.694. The van der Waals surface area contributed by atoms with Gasteiger partial charge in [0.2, 0.25) is 0 Å². The van der Waals surface area contributed by atoms with Gasteiger partial charge in [-0.15, -0.1) is 0 Å². The van der Waals surface area contributed by atoms with Gasteiger partial charge >= 0.3 is 0 Å². The molecule has 27 heavy (non-hydrogen) atoms. The molecule has 1 heterocycles. The van der Waals surface area contributed by atoms with E-state index in [0.29, 0.717) is 23.3 Å². The highest BCUT2D eigenvalue weighted by Gasteiger charge is 2.20. The maximum atomic E-state index is 14.0. The molecule has 1 aromatic heterocycles. The highest BCUT2D eigenvalue weighted by molar-refractivity contribution is 7.92. The van der Waals surface area contributed by atoms with Crippen LogP contribution in [0.3, 0.4) is 0 Å². The summed E-state index contributed by atoms with van der Waals surface area (Å²) in [7, 11) is -4.19. The number of carbonyl (C=O) groups is 1. The molecule has 1 amide bonds. The van der Waals surface area contributed by atoms with Gasteiger partial charge in [0.1, 0.15) is 18.0 Å². The third kappa shape index (κ3) is 3.90. The number of sulfonamides is 1. The second kappa shape index (κ2) is 7.08. The molecule has 0 unspecified atom stereocenters. The minimum absolute atomic E-state index is 0.165. The molecule has 0 aliphatic carbocycles. The Labute approximate surface area is 152 Å². The molecule has 0 aliphatic heterocycles. The Morgan fingerprint density at radius 3 is 2.19 bits per heavy atom. The van der Waals surface area contributed by atoms with Gasteiger partial charge < -0.3 is 5.73 Å². The molecule has 2 aromatic carbocycles. The minimum atomic E-state index is -4.19. The lowest BCUT2D eigenvalue weighted by molar-refractivity contribution is 0.0996. The molecule has 10 heteroatoms. The molecule has 138 valence electrons. The maximum absolute atomic E-state index is 14.0. The number of primary amides is 1. The highest BCUT2D eigenvalue weighted by Crippen LogP contribution is 2.24. The summed E-state index contributed by atoms with van der Waals surface area (Å²) >= 11 is 0. The van der Waals surface area contributed by atoms with Gasteiger partial charge in [-0.1, -0.05) is 12.1 Å². The lowest BCUT2D eigenvalue weighted by atomic mass is 10.1. The van der Waals surface area contributed by atoms with E-state index in [1.807, 2.05) is 4.72 Å². The summed E-state index contributed by atoms with van der Waals surface area (Å²) < 4.78 is 54.6. The number of benzene rings is 2. The predicted molar refractivity (Wildman–Crippen MR) is 93.2 cm³/mol. The Morgan fingerprint density at radius 2 is 1.59 bits per heavy atom. The van der Waals surface area contributed by atoms with Crippen LogP contribution < -0.4 is 10.5 Å². The maximum Gasteiger partial charge on any atom is 0.261 e. The van der Waals surface area contributed by atoms with Crippen LogP contribution in [0.15, 0.2) is 60.0 Å². The molecule has 0 bridgehead atoms. The van der Waals surface area contributed by atoms with Crippen LogP contribution in [-0.4, -0.2) is 24.3 Å². The number of hydrogen-bond donors (Lipinski definition) is 2. The average Bonchev–Trinajstić information content (AvgIpc) is 2.65. The van der Waals surface area contributed by atoms with Gasteiger partial charge in [0.25, 0.3) is 15.9 Å². The minimum Gasteiger partial charge on any atom is -0.366 e. The number of aromatic nitrogens is 2. The van der Waals surface area contributed by atoms with E-state index in [0.717, 1.165) is 0 Å². The molecular formula is C17H12F2N4O3S. The summed E-state index contributed by atoms with van der Waals surface area (Å²) in [4.78, 5) is 18.6. The fourth-order valence-corrected chi connectivity index (χ4v) is 3.35. The monoisotopic (exact) mass is 390 g/mol. The number of nitrogens with one attached hydrogen (secondary N) is 1. The van der Waals surface area contributed by atoms with Crippen molar-refractivity contribution >= 4 is 21.6 Å². The van der Waals surface area contributed by atoms with E-state index in [4.69, 9.17) is 5.73 Å². The summed E-state index contributed by atoms with van der Waals surface area (Å²) in [5.74, 6) is -3.44. The lowest BCUT2D eigenvalue weighted by Gasteiger charge is -2.11. The highest BCUT2D eigenvalue weighted by atomic mass is 32.2. The van der Waals surface area contributed by atoms with Crippen LogP contribution in [0, 0.1) is 11.6 Å². The topological polar surface area (TPSA) is 115 Å². The lowest BCUT2D eigenvalue weighted by Crippen LogP contribution is -2.17. The summed E-state index contributed by atoms with van der Waals surface area (Å²) in [5, 5.41) is 0. The first kappa shape index (κ1) is 18.4. The van der Waals surface area contributed by atoms with Crippen LogP contribution in [0.5, 0.6) is 0 Å². The second-order valence-corrected chi connectivity index (χ2v) is 7.12. The van der Waals surface area contributed by atoms with Crippen molar-refractivity contribution in [2.45, 2.75) is 4.90 Å². The molecule has 3 rings (SSSR count). The van der Waals surface area contributed by atoms with Crippen molar-refractivity contribution < 1.29 is 22.0 Å². The van der Waals surface area contributed by atoms with Crippen LogP contribution in [0.4, 0.5) is 14.5 Å². The summed E-state index contributed by atoms with van der Waals surface area (Å²) in [6.07, 6.45) is 4.49. The third-order valence-electron chi connectivity index (χ3n) is 3.63. The fourth-order valence-electron chi connectivity index (χ4n) is 2.29. The molecule has 0 saturated carbocycles. The first-order chi connectivity index (χ1) is 12.8. The molecule has 3 N–H and O–H groups in total. The zero-order valence-corrected chi connectivity index (χ0v) is 14.4. The number of hydrogen-bond acceptors (Lipinski definition) is 5. The fraction of sp³-hybridized carbons (Fsp3) is 0. The first-order valence-electron chi connectivity index (χ1n) is 7.45. The van der Waals surface area contributed by atoms with Crippen LogP contribution in [0.2, 0.25) is 0 Å². The number of nitrogens with two attached hydrogens (primary N) is 1. The van der Waals surface area contributed by atoms with Crippen LogP contribution in [0.25, 0.3) is 11.1 Å². The van der Waals surface area contributed by atoms with Gasteiger partial charge in [0, 0.05) is 24.0 Å². The van der Waals surface area contributed by atoms with Crippen molar-refractivity contribution in [1.29, 1.82) is 0 Å². The Bertz CT molecular complexity index is 1110. The Morgan fingerprint density at radius 1 is 0.963 bits per heavy atom. The molecule has 0 atom stereocenters. The first-order valence-corrected chi connectivity index (χ1v) is 8.93. The number of amides is 1. The Kier molecular flexibility index (Phi) is 4.82. The molecule has 7 nitrogen and oxygen atoms in total. The number of carbonyl (C=O) groups excluding carboxylic acids is 1. The zero-order valence-electron chi connectivity index (χ0n) is 13.6. The zero-order chi connectivity index (χ0) is 19.6. The summed E-state index contributed by atoms with van der Waals surface area (Å²) in [6, 6.07) is 6.75. The Hall–Kier alpha value is -3.40. The molecular weight excluding hydrogens is 378 g/mol. The van der Waals surface area contributed by atoms with E-state index in [-0.39, 0.29) is 4.90 Å². The van der Waals surface area contributed by atoms with E-state index in [1.54, 1.807) is 12.4 Å². The van der Waals surface area contributed by atoms with Crippen LogP contribution in [0.1, 0.15) is 10.4 Å². The van der Waals surface area contributed by atoms with E-state index in [1.165, 1.54) is 30.6 Å². The van der Waals surface area contributed by atoms with Gasteiger partial charge in [-0.2, -0.15) is 0 Å². The predicted octanol–water partition coefficient (Wildman–Crippen LogP) is 2.32. The normalized spacial score (nSPS) is 11.2. The van der Waals surface area contributed by atoms with E-state index >= 15 is 0 Å². The van der Waals surface area contributed by atoms with Crippen molar-refractivity contribution in [3.8, 4) is 11.1 Å². The standard InChI is InChI=1S/C17H12F2N4O3S/c18-14-6-16(15(19)5-13(14)17(20)24)23-27(25,26)12-3-1-10(2-4-12)11-7-21-9-22-8-11/h1-9,23H,(H2,20,24). The molecule has 0 radical (unpaired) electrons. The Balaban J connectivity index is 1.89. The summed E-state index contributed by atoms with van der Waals surface area (Å²) in [5.41, 5.74) is 4.97. The summed E-state index contributed by atoms with van der Waals surface area (Å²) in [6.45, 7) is 0. The van der Waals surface area contributed by atoms with E-state index in [2.05, 4.69) is 9.97 Å². The van der Waals surface area contributed by atoms with Gasteiger partial charge in [-0.3, -0.25) is 9.52 Å². The molecule has 0 saturated heterocycles. The van der Waals surface area contributed by atoms with Crippen molar-refractivity contribution in [2.75, 3.05) is 4.72 Å². The SMILES string of the molecule is NC(=O)c1cc(F)c(NS(=O)(=O)c2ccc(-c3cncnc3)cc2)cc1F. The van der Waals surface area contributed by atoms with Crippen molar-refractivity contribution in [3.05, 3.63) is 72.3 Å². The largest absolute Gasteiger partial charge is 0.366 e. The number of nitrogens with zero attached hydrogens (tertiary/aromatic N) is 2. The molecule has 0 fully saturated rings. The van der Waals surface area contributed by atoms with E-state index < -0.39 is 38.8 Å². The second-order valence-electron chi connectivity index (χ2n) is 5.43. The smallest absolute Gasteiger partial charge is 0.261 e. The van der Waals surface area contributed by atoms with Crippen molar-refractivity contribution in [3.63, 3.8) is 0 Å². The van der Waals surface area contributed by atoms with Gasteiger partial charge in [-0.25, -0.2) is 27.2 Å². The molecule has 0 spiro atoms. The van der Waals surface area contributed by atoms with Crippen LogP contribution in [-0.2, 0) is 10.0 Å². The van der Waals surface area contributed by atoms with Crippen LogP contribution >= 0.6 is 0 Å². The van der Waals surface area contributed by atoms with E-state index in [9.17, 15) is 22.0 Å². The van der Waals surface area contributed by atoms with Crippen molar-refractivity contribution in [1.82, 2.24) is 9.97 Å². The number of rotatable bonds is 5. The number of anilines is 1. The third-order valence-corrected chi connectivity index (χ3v) is 5.01. The molecule has 0 aliphatic rings. The van der Waals surface area contributed by atoms with Gasteiger partial charge in [-0.05, 0) is 23.8 Å². The molecule has 3 aromatic rings. The van der Waals surface area contributed by atoms with Gasteiger partial charge in [0.15, 0.2) is 0 Å². The average molecular weight is 390 g/mol. The van der Waals surface area contributed by atoms with Crippen molar-refractivity contribution in [2.24, 2.45) is 5.73 Å². The van der Waals surface area contributed by atoms with Gasteiger partial charge in [0.05, 0.1) is 16.1 Å². The number of halogens is 2.